The Kier molecular flexibility index (Phi) is 3.14. The van der Waals surface area contributed by atoms with Crippen LogP contribution in [-0.4, -0.2) is 16.7 Å². The van der Waals surface area contributed by atoms with Gasteiger partial charge in [0.15, 0.2) is 0 Å². The molecule has 0 aliphatic heterocycles. The van der Waals surface area contributed by atoms with Gasteiger partial charge in [-0.3, -0.25) is 10.1 Å². The third kappa shape index (κ3) is 2.05. The van der Waals surface area contributed by atoms with Crippen LogP contribution in [0.3, 0.4) is 0 Å². The number of nitrogens with zero attached hydrogens (tertiary/aromatic N) is 1. The summed E-state index contributed by atoms with van der Waals surface area (Å²) in [6.45, 7) is 0.697. The van der Waals surface area contributed by atoms with E-state index in [0.29, 0.717) is 0 Å². The normalized spacial score (nSPS) is 12.5. The van der Waals surface area contributed by atoms with Crippen molar-refractivity contribution in [1.82, 2.24) is 0 Å². The van der Waals surface area contributed by atoms with Gasteiger partial charge in [-0.25, -0.2) is 4.39 Å². The number of aliphatic hydroxyl groups excluding tert-OH is 1. The fourth-order valence-corrected chi connectivity index (χ4v) is 1.19. The highest BCUT2D eigenvalue weighted by Crippen LogP contribution is 2.26. The topological polar surface area (TPSA) is 63.4 Å². The molecule has 0 saturated heterocycles. The van der Waals surface area contributed by atoms with Gasteiger partial charge in [0.05, 0.1) is 10.5 Å². The number of halogens is 1. The molecule has 0 bridgehead atoms. The Hall–Kier alpha value is -1.49. The molecule has 0 radical (unpaired) electrons. The van der Waals surface area contributed by atoms with E-state index in [1.54, 1.807) is 13.0 Å². The fourth-order valence-electron chi connectivity index (χ4n) is 1.19. The first-order valence-electron chi connectivity index (χ1n) is 4.05. The summed E-state index contributed by atoms with van der Waals surface area (Å²) in [4.78, 5) is 9.89. The Morgan fingerprint density at radius 2 is 2.29 bits per heavy atom. The lowest BCUT2D eigenvalue weighted by atomic mass is 10.1. The molecule has 0 spiro atoms. The molecule has 4 nitrogen and oxygen atoms in total. The summed E-state index contributed by atoms with van der Waals surface area (Å²) in [6.07, 6.45) is -1.42. The van der Waals surface area contributed by atoms with Crippen molar-refractivity contribution in [2.75, 3.05) is 6.67 Å². The van der Waals surface area contributed by atoms with E-state index in [4.69, 9.17) is 0 Å². The number of rotatable bonds is 3. The van der Waals surface area contributed by atoms with Crippen molar-refractivity contribution in [3.63, 3.8) is 0 Å². The van der Waals surface area contributed by atoms with Gasteiger partial charge in [-0.1, -0.05) is 11.6 Å². The molecule has 0 amide bonds. The van der Waals surface area contributed by atoms with Gasteiger partial charge in [0.25, 0.3) is 5.69 Å². The lowest BCUT2D eigenvalue weighted by Crippen LogP contribution is -2.04. The number of aliphatic hydroxyl groups is 1. The highest BCUT2D eigenvalue weighted by atomic mass is 19.1. The van der Waals surface area contributed by atoms with E-state index in [1.165, 1.54) is 12.1 Å². The molecule has 0 aromatic heterocycles. The van der Waals surface area contributed by atoms with Crippen LogP contribution in [0.4, 0.5) is 10.1 Å². The molecule has 1 rings (SSSR count). The van der Waals surface area contributed by atoms with E-state index < -0.39 is 17.7 Å². The van der Waals surface area contributed by atoms with Crippen molar-refractivity contribution in [3.05, 3.63) is 39.4 Å². The maximum atomic E-state index is 12.2. The van der Waals surface area contributed by atoms with Crippen molar-refractivity contribution in [3.8, 4) is 0 Å². The molecule has 0 heterocycles. The Bertz CT molecular complexity index is 354. The minimum atomic E-state index is -1.42. The largest absolute Gasteiger partial charge is 0.385 e. The Labute approximate surface area is 80.1 Å². The number of nitro groups is 1. The molecule has 0 fully saturated rings. The Morgan fingerprint density at radius 3 is 2.79 bits per heavy atom. The van der Waals surface area contributed by atoms with Gasteiger partial charge < -0.3 is 5.11 Å². The van der Waals surface area contributed by atoms with Crippen LogP contribution in [0, 0.1) is 17.0 Å². The van der Waals surface area contributed by atoms with E-state index in [2.05, 4.69) is 0 Å². The summed E-state index contributed by atoms with van der Waals surface area (Å²) in [5.41, 5.74) is 0.524. The first kappa shape index (κ1) is 10.6. The summed E-state index contributed by atoms with van der Waals surface area (Å²) < 4.78 is 12.2. The summed E-state index contributed by atoms with van der Waals surface area (Å²) in [5, 5.41) is 19.7. The highest BCUT2D eigenvalue weighted by Gasteiger charge is 2.19. The third-order valence-corrected chi connectivity index (χ3v) is 1.88. The second-order valence-electron chi connectivity index (χ2n) is 2.99. The molecule has 1 unspecified atom stereocenters. The molecule has 0 saturated carbocycles. The van der Waals surface area contributed by atoms with Crippen molar-refractivity contribution < 1.29 is 14.4 Å². The van der Waals surface area contributed by atoms with E-state index in [-0.39, 0.29) is 11.3 Å². The number of hydrogen-bond donors (Lipinski definition) is 1. The second-order valence-corrected chi connectivity index (χ2v) is 2.99. The molecule has 1 aromatic rings. The first-order valence-corrected chi connectivity index (χ1v) is 4.05. The van der Waals surface area contributed by atoms with Crippen LogP contribution in [0.1, 0.15) is 17.2 Å². The van der Waals surface area contributed by atoms with Gasteiger partial charge in [-0.2, -0.15) is 0 Å². The maximum absolute atomic E-state index is 12.2. The second kappa shape index (κ2) is 4.15. The van der Waals surface area contributed by atoms with Gasteiger partial charge >= 0.3 is 0 Å². The van der Waals surface area contributed by atoms with Crippen LogP contribution in [-0.2, 0) is 0 Å². The average molecular weight is 199 g/mol. The summed E-state index contributed by atoms with van der Waals surface area (Å²) >= 11 is 0. The lowest BCUT2D eigenvalue weighted by Gasteiger charge is -2.07. The molecule has 14 heavy (non-hydrogen) atoms. The predicted molar refractivity (Wildman–Crippen MR) is 48.8 cm³/mol. The SMILES string of the molecule is Cc1ccc([N+](=O)[O-])c(C(O)CF)c1. The molecular weight excluding hydrogens is 189 g/mol. The molecular formula is C9H10FNO3. The van der Waals surface area contributed by atoms with Crippen LogP contribution in [0.5, 0.6) is 0 Å². The standard InChI is InChI=1S/C9H10FNO3/c1-6-2-3-8(11(13)14)7(4-6)9(12)5-10/h2-4,9,12H,5H2,1H3. The molecule has 5 heteroatoms. The van der Waals surface area contributed by atoms with Gasteiger partial charge in [0, 0.05) is 6.07 Å². The zero-order valence-corrected chi connectivity index (χ0v) is 7.61. The van der Waals surface area contributed by atoms with E-state index in [9.17, 15) is 19.6 Å². The highest BCUT2D eigenvalue weighted by molar-refractivity contribution is 5.43. The van der Waals surface area contributed by atoms with Crippen LogP contribution in [0.2, 0.25) is 0 Å². The smallest absolute Gasteiger partial charge is 0.275 e. The van der Waals surface area contributed by atoms with E-state index in [0.717, 1.165) is 5.56 Å². The van der Waals surface area contributed by atoms with E-state index >= 15 is 0 Å². The zero-order valence-electron chi connectivity index (χ0n) is 7.61. The lowest BCUT2D eigenvalue weighted by molar-refractivity contribution is -0.386. The summed E-state index contributed by atoms with van der Waals surface area (Å²) in [6, 6.07) is 4.23. The average Bonchev–Trinajstić information content (AvgIpc) is 2.16. The van der Waals surface area contributed by atoms with Crippen LogP contribution in [0.25, 0.3) is 0 Å². The fraction of sp³-hybridized carbons (Fsp3) is 0.333. The third-order valence-electron chi connectivity index (χ3n) is 1.88. The van der Waals surface area contributed by atoms with Crippen molar-refractivity contribution in [2.24, 2.45) is 0 Å². The Morgan fingerprint density at radius 1 is 1.64 bits per heavy atom. The molecule has 0 aliphatic carbocycles. The summed E-state index contributed by atoms with van der Waals surface area (Å²) in [5.74, 6) is 0. The number of hydrogen-bond acceptors (Lipinski definition) is 3. The van der Waals surface area contributed by atoms with Crippen molar-refractivity contribution in [1.29, 1.82) is 0 Å². The molecule has 1 atom stereocenters. The number of aryl methyl sites for hydroxylation is 1. The number of nitro benzene ring substituents is 1. The molecule has 76 valence electrons. The van der Waals surface area contributed by atoms with Crippen LogP contribution in [0.15, 0.2) is 18.2 Å². The van der Waals surface area contributed by atoms with Crippen LogP contribution < -0.4 is 0 Å². The zero-order chi connectivity index (χ0) is 10.7. The van der Waals surface area contributed by atoms with Gasteiger partial charge in [-0.05, 0) is 13.0 Å². The van der Waals surface area contributed by atoms with Gasteiger partial charge in [0.1, 0.15) is 12.8 Å². The minimum Gasteiger partial charge on any atom is -0.385 e. The number of alkyl halides is 1. The van der Waals surface area contributed by atoms with Crippen molar-refractivity contribution >= 4 is 5.69 Å². The van der Waals surface area contributed by atoms with E-state index in [1.807, 2.05) is 0 Å². The van der Waals surface area contributed by atoms with Gasteiger partial charge in [0.2, 0.25) is 0 Å². The minimum absolute atomic E-state index is 0.0255. The van der Waals surface area contributed by atoms with Crippen molar-refractivity contribution in [2.45, 2.75) is 13.0 Å². The molecule has 0 aliphatic rings. The molecule has 1 aromatic carbocycles. The van der Waals surface area contributed by atoms with Gasteiger partial charge in [-0.15, -0.1) is 0 Å². The Balaban J connectivity index is 3.22. The summed E-state index contributed by atoms with van der Waals surface area (Å²) in [7, 11) is 0. The maximum Gasteiger partial charge on any atom is 0.275 e. The quantitative estimate of drug-likeness (QED) is 0.597. The monoisotopic (exact) mass is 199 g/mol. The van der Waals surface area contributed by atoms with Crippen LogP contribution >= 0.6 is 0 Å². The number of benzene rings is 1. The predicted octanol–water partition coefficient (Wildman–Crippen LogP) is 1.91. The first-order chi connectivity index (χ1) is 6.56. The molecule has 1 N–H and O–H groups in total.